The molecule has 12 heteroatoms. The van der Waals surface area contributed by atoms with E-state index in [1.54, 1.807) is 31.2 Å². The molecule has 2 heterocycles. The highest BCUT2D eigenvalue weighted by Crippen LogP contribution is 2.42. The standard InChI is InChI=1S/C30H31Br2N3O7/c1-16-8-18-11-22(33)28(37)35-24(15-41-14-17-6-4-3-5-7-17)29(38)34-23(30(39)40-2)12-19-9-20(31)27(21(32)10-19)42-25(13-18)26(16)36/h3-10,13,22-24,36H,11-12,14-15,33H2,1-2H3,(H,34,38)(H,35,37)/t22-,23-,24?/m0/s1. The number of rotatable bonds is 5. The SMILES string of the molecule is COC(=O)[C@@H]1Cc2cc(Br)c(c(Br)c2)Oc2cc(cc(C)c2O)C[C@H](N)C(=O)NC(COCc2ccccc2)C(=O)N1. The maximum atomic E-state index is 13.5. The maximum absolute atomic E-state index is 13.5. The van der Waals surface area contributed by atoms with Crippen molar-refractivity contribution in [2.45, 2.75) is 44.5 Å². The molecule has 3 aromatic rings. The molecular formula is C30H31Br2N3O7. The molecule has 0 saturated heterocycles. The Kier molecular flexibility index (Phi) is 10.6. The Morgan fingerprint density at radius 1 is 1.02 bits per heavy atom. The number of hydrogen-bond donors (Lipinski definition) is 4. The number of hydrogen-bond acceptors (Lipinski definition) is 8. The van der Waals surface area contributed by atoms with Gasteiger partial charge in [0, 0.05) is 6.42 Å². The Morgan fingerprint density at radius 2 is 1.69 bits per heavy atom. The summed E-state index contributed by atoms with van der Waals surface area (Å²) in [5, 5.41) is 16.1. The molecule has 0 fully saturated rings. The molecule has 1 unspecified atom stereocenters. The Labute approximate surface area is 260 Å². The zero-order chi connectivity index (χ0) is 30.4. The molecule has 3 aromatic carbocycles. The van der Waals surface area contributed by atoms with Gasteiger partial charge in [-0.15, -0.1) is 0 Å². The van der Waals surface area contributed by atoms with Gasteiger partial charge in [0.1, 0.15) is 12.1 Å². The number of fused-ring (bicyclic) bond motifs is 10. The number of phenols is 1. The summed E-state index contributed by atoms with van der Waals surface area (Å²) in [4.78, 5) is 39.4. The Bertz CT molecular complexity index is 1450. The molecule has 4 bridgehead atoms. The molecule has 2 aliphatic rings. The van der Waals surface area contributed by atoms with Gasteiger partial charge in [-0.1, -0.05) is 36.4 Å². The van der Waals surface area contributed by atoms with Crippen molar-refractivity contribution in [2.24, 2.45) is 5.73 Å². The van der Waals surface area contributed by atoms with E-state index in [9.17, 15) is 19.5 Å². The van der Waals surface area contributed by atoms with Crippen molar-refractivity contribution in [1.82, 2.24) is 10.6 Å². The van der Waals surface area contributed by atoms with Crippen molar-refractivity contribution in [3.8, 4) is 17.2 Å². The van der Waals surface area contributed by atoms with Crippen molar-refractivity contribution in [3.05, 3.63) is 85.8 Å². The summed E-state index contributed by atoms with van der Waals surface area (Å²) in [6.45, 7) is 1.75. The second-order valence-corrected chi connectivity index (χ2v) is 11.6. The van der Waals surface area contributed by atoms with Crippen LogP contribution >= 0.6 is 31.9 Å². The first-order valence-corrected chi connectivity index (χ1v) is 14.7. The van der Waals surface area contributed by atoms with Crippen LogP contribution in [-0.4, -0.2) is 54.7 Å². The van der Waals surface area contributed by atoms with Gasteiger partial charge >= 0.3 is 5.97 Å². The molecule has 0 radical (unpaired) electrons. The van der Waals surface area contributed by atoms with E-state index in [0.29, 0.717) is 31.4 Å². The molecular weight excluding hydrogens is 674 g/mol. The number of methoxy groups -OCH3 is 1. The number of carbonyl (C=O) groups excluding carboxylic acids is 3. The summed E-state index contributed by atoms with van der Waals surface area (Å²) in [7, 11) is 1.23. The lowest BCUT2D eigenvalue weighted by Gasteiger charge is -2.24. The first-order chi connectivity index (χ1) is 20.0. The molecule has 5 N–H and O–H groups in total. The lowest BCUT2D eigenvalue weighted by Crippen LogP contribution is -2.56. The highest BCUT2D eigenvalue weighted by Gasteiger charge is 2.30. The van der Waals surface area contributed by atoms with Gasteiger partial charge < -0.3 is 35.7 Å². The van der Waals surface area contributed by atoms with Gasteiger partial charge in [0.25, 0.3) is 0 Å². The van der Waals surface area contributed by atoms with Gasteiger partial charge in [0.2, 0.25) is 11.8 Å². The third-order valence-corrected chi connectivity index (χ3v) is 7.84. The third-order valence-electron chi connectivity index (χ3n) is 6.66. The predicted octanol–water partition coefficient (Wildman–Crippen LogP) is 3.80. The van der Waals surface area contributed by atoms with Crippen LogP contribution in [0.1, 0.15) is 22.3 Å². The number of phenolic OH excluding ortho intramolecular Hbond substituents is 1. The van der Waals surface area contributed by atoms with Gasteiger partial charge in [0.15, 0.2) is 17.2 Å². The number of carbonyl (C=O) groups is 3. The molecule has 2 amide bonds. The summed E-state index contributed by atoms with van der Waals surface area (Å²) < 4.78 is 17.9. The Hall–Kier alpha value is -3.45. The molecule has 222 valence electrons. The molecule has 0 aromatic heterocycles. The van der Waals surface area contributed by atoms with E-state index >= 15 is 0 Å². The van der Waals surface area contributed by atoms with Crippen LogP contribution in [0.2, 0.25) is 0 Å². The van der Waals surface area contributed by atoms with Gasteiger partial charge in [-0.3, -0.25) is 9.59 Å². The number of nitrogens with two attached hydrogens (primary N) is 1. The van der Waals surface area contributed by atoms with Crippen LogP contribution < -0.4 is 21.1 Å². The highest BCUT2D eigenvalue weighted by molar-refractivity contribution is 9.11. The smallest absolute Gasteiger partial charge is 0.328 e. The number of ether oxygens (including phenoxy) is 3. The molecule has 10 nitrogen and oxygen atoms in total. The number of halogens is 2. The van der Waals surface area contributed by atoms with Crippen molar-refractivity contribution < 1.29 is 33.7 Å². The summed E-state index contributed by atoms with van der Waals surface area (Å²) in [5.41, 5.74) is 8.99. The minimum absolute atomic E-state index is 0.0613. The quantitative estimate of drug-likeness (QED) is 0.293. The van der Waals surface area contributed by atoms with E-state index in [-0.39, 0.29) is 37.6 Å². The van der Waals surface area contributed by atoms with Crippen molar-refractivity contribution in [3.63, 3.8) is 0 Å². The molecule has 0 saturated carbocycles. The van der Waals surface area contributed by atoms with Crippen molar-refractivity contribution in [1.29, 1.82) is 0 Å². The Balaban J connectivity index is 1.70. The van der Waals surface area contributed by atoms with Crippen molar-refractivity contribution >= 4 is 49.6 Å². The van der Waals surface area contributed by atoms with E-state index in [4.69, 9.17) is 19.9 Å². The van der Waals surface area contributed by atoms with Crippen LogP contribution in [0.3, 0.4) is 0 Å². The van der Waals surface area contributed by atoms with E-state index in [1.807, 2.05) is 30.3 Å². The zero-order valence-electron chi connectivity index (χ0n) is 23.0. The topological polar surface area (TPSA) is 149 Å². The summed E-state index contributed by atoms with van der Waals surface area (Å²) in [6, 6.07) is 12.9. The number of nitrogens with one attached hydrogen (secondary N) is 2. The fraction of sp³-hybridized carbons (Fsp3) is 0.300. The number of esters is 1. The molecule has 0 spiro atoms. The largest absolute Gasteiger partial charge is 0.504 e. The van der Waals surface area contributed by atoms with Gasteiger partial charge in [-0.25, -0.2) is 4.79 Å². The lowest BCUT2D eigenvalue weighted by molar-refractivity contribution is -0.145. The fourth-order valence-corrected chi connectivity index (χ4v) is 5.92. The van der Waals surface area contributed by atoms with E-state index in [1.165, 1.54) is 7.11 Å². The van der Waals surface area contributed by atoms with Crippen LogP contribution in [-0.2, 0) is 43.3 Å². The van der Waals surface area contributed by atoms with Crippen LogP contribution in [0.15, 0.2) is 63.5 Å². The zero-order valence-corrected chi connectivity index (χ0v) is 26.2. The highest BCUT2D eigenvalue weighted by atomic mass is 79.9. The predicted molar refractivity (Wildman–Crippen MR) is 162 cm³/mol. The summed E-state index contributed by atoms with van der Waals surface area (Å²) in [6.07, 6.45) is 0.162. The number of amides is 2. The van der Waals surface area contributed by atoms with Gasteiger partial charge in [-0.05, 0) is 85.7 Å². The number of benzene rings is 3. The van der Waals surface area contributed by atoms with Crippen molar-refractivity contribution in [2.75, 3.05) is 13.7 Å². The minimum Gasteiger partial charge on any atom is -0.504 e. The first-order valence-electron chi connectivity index (χ1n) is 13.1. The average molecular weight is 705 g/mol. The molecule has 3 atom stereocenters. The second-order valence-electron chi connectivity index (χ2n) is 9.91. The number of aromatic hydroxyl groups is 1. The third kappa shape index (κ3) is 7.88. The van der Waals surface area contributed by atoms with Gasteiger partial charge in [0.05, 0.1) is 35.3 Å². The van der Waals surface area contributed by atoms with Crippen LogP contribution in [0.5, 0.6) is 17.2 Å². The second kappa shape index (κ2) is 14.1. The van der Waals surface area contributed by atoms with Crippen LogP contribution in [0.25, 0.3) is 0 Å². The lowest BCUT2D eigenvalue weighted by atomic mass is 10.0. The molecule has 5 rings (SSSR count). The van der Waals surface area contributed by atoms with E-state index in [0.717, 1.165) is 5.56 Å². The normalized spacial score (nSPS) is 19.3. The Morgan fingerprint density at radius 3 is 2.36 bits per heavy atom. The molecule has 2 aliphatic heterocycles. The summed E-state index contributed by atoms with van der Waals surface area (Å²) >= 11 is 7.02. The minimum atomic E-state index is -1.16. The van der Waals surface area contributed by atoms with E-state index in [2.05, 4.69) is 42.5 Å². The van der Waals surface area contributed by atoms with E-state index < -0.39 is 35.9 Å². The first kappa shape index (κ1) is 31.5. The van der Waals surface area contributed by atoms with Crippen LogP contribution in [0.4, 0.5) is 0 Å². The average Bonchev–Trinajstić information content (AvgIpc) is 2.96. The number of aryl methyl sites for hydroxylation is 1. The fourth-order valence-electron chi connectivity index (χ4n) is 4.47. The summed E-state index contributed by atoms with van der Waals surface area (Å²) in [5.74, 6) is -1.41. The maximum Gasteiger partial charge on any atom is 0.328 e. The molecule has 0 aliphatic carbocycles. The molecule has 42 heavy (non-hydrogen) atoms. The monoisotopic (exact) mass is 703 g/mol. The van der Waals surface area contributed by atoms with Gasteiger partial charge in [-0.2, -0.15) is 0 Å². The van der Waals surface area contributed by atoms with Crippen LogP contribution in [0, 0.1) is 6.92 Å².